The average molecular weight is 435 g/mol. The number of ether oxygens (including phenoxy) is 2. The number of hydrogen-bond donors (Lipinski definition) is 0. The van der Waals surface area contributed by atoms with Crippen molar-refractivity contribution in [1.82, 2.24) is 4.90 Å². The van der Waals surface area contributed by atoms with Crippen molar-refractivity contribution in [1.29, 1.82) is 0 Å². The van der Waals surface area contributed by atoms with Crippen LogP contribution in [0.15, 0.2) is 21.5 Å². The SMILES string of the molecule is COC(=O)[C@H](C)N1C(=O)S/C(=C/c2cc(Cl)c(OC)c(Br)c2)C1=O. The first-order valence-corrected chi connectivity index (χ1v) is 8.66. The van der Waals surface area contributed by atoms with E-state index in [1.54, 1.807) is 12.1 Å². The lowest BCUT2D eigenvalue weighted by atomic mass is 10.2. The van der Waals surface area contributed by atoms with Crippen LogP contribution >= 0.6 is 39.3 Å². The minimum atomic E-state index is -0.986. The number of amides is 2. The van der Waals surface area contributed by atoms with Gasteiger partial charge in [-0.05, 0) is 58.4 Å². The molecule has 1 heterocycles. The van der Waals surface area contributed by atoms with Crippen LogP contribution in [0.5, 0.6) is 5.75 Å². The Morgan fingerprint density at radius 3 is 2.58 bits per heavy atom. The summed E-state index contributed by atoms with van der Waals surface area (Å²) in [5.41, 5.74) is 0.615. The summed E-state index contributed by atoms with van der Waals surface area (Å²) in [5, 5.41) is -0.164. The van der Waals surface area contributed by atoms with Gasteiger partial charge >= 0.3 is 5.97 Å². The molecule has 1 atom stereocenters. The molecule has 0 saturated carbocycles. The second kappa shape index (κ2) is 7.58. The van der Waals surface area contributed by atoms with Crippen molar-refractivity contribution in [3.8, 4) is 5.75 Å². The van der Waals surface area contributed by atoms with Crippen LogP contribution in [0.4, 0.5) is 4.79 Å². The monoisotopic (exact) mass is 433 g/mol. The van der Waals surface area contributed by atoms with Gasteiger partial charge in [0, 0.05) is 0 Å². The van der Waals surface area contributed by atoms with Gasteiger partial charge in [0.25, 0.3) is 11.1 Å². The van der Waals surface area contributed by atoms with Crippen LogP contribution in [0.1, 0.15) is 12.5 Å². The van der Waals surface area contributed by atoms with E-state index in [0.717, 1.165) is 16.7 Å². The molecule has 1 aromatic carbocycles. The second-order valence-electron chi connectivity index (χ2n) is 4.77. The highest BCUT2D eigenvalue weighted by atomic mass is 79.9. The highest BCUT2D eigenvalue weighted by Crippen LogP contribution is 2.37. The number of imide groups is 1. The third kappa shape index (κ3) is 3.60. The molecule has 0 spiro atoms. The maximum absolute atomic E-state index is 12.4. The number of halogens is 2. The van der Waals surface area contributed by atoms with Crippen LogP contribution in [-0.2, 0) is 14.3 Å². The first-order valence-electron chi connectivity index (χ1n) is 6.68. The zero-order chi connectivity index (χ0) is 18.0. The Morgan fingerprint density at radius 1 is 1.38 bits per heavy atom. The van der Waals surface area contributed by atoms with Crippen molar-refractivity contribution in [2.24, 2.45) is 0 Å². The summed E-state index contributed by atoms with van der Waals surface area (Å²) in [4.78, 5) is 37.1. The largest absolute Gasteiger partial charge is 0.494 e. The Bertz CT molecular complexity index is 728. The van der Waals surface area contributed by atoms with E-state index < -0.39 is 23.2 Å². The number of benzene rings is 1. The Morgan fingerprint density at radius 2 is 2.04 bits per heavy atom. The van der Waals surface area contributed by atoms with Crippen LogP contribution < -0.4 is 4.74 Å². The van der Waals surface area contributed by atoms with E-state index in [1.807, 2.05) is 0 Å². The number of thioether (sulfide) groups is 1. The molecular formula is C15H13BrClNO5S. The summed E-state index contributed by atoms with van der Waals surface area (Å²) in [6.45, 7) is 1.44. The van der Waals surface area contributed by atoms with E-state index in [9.17, 15) is 14.4 Å². The topological polar surface area (TPSA) is 72.9 Å². The molecule has 2 amide bonds. The van der Waals surface area contributed by atoms with E-state index >= 15 is 0 Å². The molecule has 1 fully saturated rings. The van der Waals surface area contributed by atoms with Crippen LogP contribution in [0.25, 0.3) is 6.08 Å². The number of methoxy groups -OCH3 is 2. The molecule has 0 aromatic heterocycles. The predicted octanol–water partition coefficient (Wildman–Crippen LogP) is 3.71. The highest BCUT2D eigenvalue weighted by Gasteiger charge is 2.41. The maximum atomic E-state index is 12.4. The lowest BCUT2D eigenvalue weighted by Gasteiger charge is -2.18. The molecule has 6 nitrogen and oxygen atoms in total. The van der Waals surface area contributed by atoms with Gasteiger partial charge in [-0.25, -0.2) is 4.79 Å². The normalized spacial score (nSPS) is 17.4. The van der Waals surface area contributed by atoms with Crippen molar-refractivity contribution in [2.45, 2.75) is 13.0 Å². The number of nitrogens with zero attached hydrogens (tertiary/aromatic N) is 1. The lowest BCUT2D eigenvalue weighted by Crippen LogP contribution is -2.42. The quantitative estimate of drug-likeness (QED) is 0.531. The zero-order valence-electron chi connectivity index (χ0n) is 13.0. The number of hydrogen-bond acceptors (Lipinski definition) is 6. The molecule has 1 saturated heterocycles. The van der Waals surface area contributed by atoms with E-state index in [4.69, 9.17) is 16.3 Å². The number of carbonyl (C=O) groups excluding carboxylic acids is 3. The van der Waals surface area contributed by atoms with E-state index in [1.165, 1.54) is 27.2 Å². The Labute approximate surface area is 156 Å². The van der Waals surface area contributed by atoms with Gasteiger partial charge in [-0.2, -0.15) is 0 Å². The van der Waals surface area contributed by atoms with Gasteiger partial charge in [-0.15, -0.1) is 0 Å². The first-order chi connectivity index (χ1) is 11.3. The minimum Gasteiger partial charge on any atom is -0.494 e. The molecule has 0 bridgehead atoms. The number of rotatable bonds is 4. The zero-order valence-corrected chi connectivity index (χ0v) is 16.1. The molecule has 2 rings (SSSR count). The van der Waals surface area contributed by atoms with Crippen LogP contribution in [-0.4, -0.2) is 42.3 Å². The summed E-state index contributed by atoms with van der Waals surface area (Å²) in [5.74, 6) is -0.735. The molecule has 9 heteroatoms. The van der Waals surface area contributed by atoms with E-state index in [-0.39, 0.29) is 4.91 Å². The molecule has 1 aromatic rings. The Hall–Kier alpha value is -1.51. The van der Waals surface area contributed by atoms with Crippen LogP contribution in [0, 0.1) is 0 Å². The maximum Gasteiger partial charge on any atom is 0.328 e. The molecule has 0 aliphatic carbocycles. The van der Waals surface area contributed by atoms with Crippen molar-refractivity contribution in [3.05, 3.63) is 32.1 Å². The van der Waals surface area contributed by atoms with Gasteiger partial charge in [-0.1, -0.05) is 11.6 Å². The van der Waals surface area contributed by atoms with Crippen molar-refractivity contribution in [2.75, 3.05) is 14.2 Å². The fraction of sp³-hybridized carbons (Fsp3) is 0.267. The molecule has 0 unspecified atom stereocenters. The van der Waals surface area contributed by atoms with E-state index in [2.05, 4.69) is 20.7 Å². The molecule has 0 radical (unpaired) electrons. The average Bonchev–Trinajstić information content (AvgIpc) is 2.79. The fourth-order valence-corrected chi connectivity index (χ4v) is 4.07. The van der Waals surface area contributed by atoms with E-state index in [0.29, 0.717) is 20.8 Å². The molecule has 1 aliphatic heterocycles. The predicted molar refractivity (Wildman–Crippen MR) is 95.0 cm³/mol. The third-order valence-corrected chi connectivity index (χ3v) is 5.03. The first kappa shape index (κ1) is 18.8. The molecule has 1 aliphatic rings. The summed E-state index contributed by atoms with van der Waals surface area (Å²) >= 11 is 10.2. The van der Waals surface area contributed by atoms with Crippen LogP contribution in [0.2, 0.25) is 5.02 Å². The number of esters is 1. The summed E-state index contributed by atoms with van der Waals surface area (Å²) in [7, 11) is 2.69. The summed E-state index contributed by atoms with van der Waals surface area (Å²) in [6.07, 6.45) is 1.53. The molecule has 0 N–H and O–H groups in total. The molecule has 24 heavy (non-hydrogen) atoms. The van der Waals surface area contributed by atoms with Gasteiger partial charge in [0.15, 0.2) is 5.75 Å². The summed E-state index contributed by atoms with van der Waals surface area (Å²) in [6, 6.07) is 2.34. The highest BCUT2D eigenvalue weighted by molar-refractivity contribution is 9.10. The van der Waals surface area contributed by atoms with Gasteiger partial charge in [0.1, 0.15) is 6.04 Å². The third-order valence-electron chi connectivity index (χ3n) is 3.28. The van der Waals surface area contributed by atoms with Gasteiger partial charge in [0.2, 0.25) is 0 Å². The smallest absolute Gasteiger partial charge is 0.328 e. The Kier molecular flexibility index (Phi) is 5.95. The van der Waals surface area contributed by atoms with Crippen molar-refractivity contribution in [3.63, 3.8) is 0 Å². The molecule has 128 valence electrons. The summed E-state index contributed by atoms with van der Waals surface area (Å²) < 4.78 is 10.3. The van der Waals surface area contributed by atoms with Gasteiger partial charge < -0.3 is 9.47 Å². The van der Waals surface area contributed by atoms with Gasteiger partial charge in [-0.3, -0.25) is 14.5 Å². The fourth-order valence-electron chi connectivity index (χ4n) is 2.10. The molecular weight excluding hydrogens is 422 g/mol. The Balaban J connectivity index is 2.34. The van der Waals surface area contributed by atoms with Crippen molar-refractivity contribution >= 4 is 62.5 Å². The number of carbonyl (C=O) groups is 3. The van der Waals surface area contributed by atoms with Gasteiger partial charge in [0.05, 0.1) is 28.6 Å². The van der Waals surface area contributed by atoms with Crippen LogP contribution in [0.3, 0.4) is 0 Å². The minimum absolute atomic E-state index is 0.198. The standard InChI is InChI=1S/C15H13BrClNO5S/c1-7(14(20)23-3)18-13(19)11(24-15(18)21)6-8-4-9(16)12(22-2)10(17)5-8/h4-7H,1-3H3/b11-6+/t7-/m0/s1. The lowest BCUT2D eigenvalue weighted by molar-refractivity contribution is -0.148. The second-order valence-corrected chi connectivity index (χ2v) is 7.02. The van der Waals surface area contributed by atoms with Crippen molar-refractivity contribution < 1.29 is 23.9 Å².